The van der Waals surface area contributed by atoms with Gasteiger partial charge < -0.3 is 15.9 Å². The van der Waals surface area contributed by atoms with E-state index >= 15 is 0 Å². The third kappa shape index (κ3) is 5.27. The molecule has 0 saturated heterocycles. The summed E-state index contributed by atoms with van der Waals surface area (Å²) < 4.78 is 0. The summed E-state index contributed by atoms with van der Waals surface area (Å²) in [5, 5.41) is 20.3. The maximum Gasteiger partial charge on any atom is 0.337 e. The van der Waals surface area contributed by atoms with E-state index in [1.54, 1.807) is 6.20 Å². The lowest BCUT2D eigenvalue weighted by atomic mass is 9.84. The Hall–Kier alpha value is -1.46. The number of carboxylic acids is 1. The lowest BCUT2D eigenvalue weighted by Crippen LogP contribution is -2.56. The van der Waals surface area contributed by atoms with Gasteiger partial charge in [-0.05, 0) is 74.0 Å². The number of pyridine rings is 1. The van der Waals surface area contributed by atoms with Crippen molar-refractivity contribution in [2.75, 3.05) is 0 Å². The van der Waals surface area contributed by atoms with Crippen molar-refractivity contribution in [3.8, 4) is 0 Å². The van der Waals surface area contributed by atoms with E-state index in [0.717, 1.165) is 18.4 Å². The summed E-state index contributed by atoms with van der Waals surface area (Å²) >= 11 is 0. The number of aryl methyl sites for hydroxylation is 2. The average molecular weight is 363 g/mol. The Morgan fingerprint density at radius 1 is 1.42 bits per heavy atom. The summed E-state index contributed by atoms with van der Waals surface area (Å²) in [7, 11) is 0. The topological polar surface area (TPSA) is 96.4 Å². The molecule has 2 atom stereocenters. The fourth-order valence-corrected chi connectivity index (χ4v) is 3.49. The van der Waals surface area contributed by atoms with E-state index in [4.69, 9.17) is 5.73 Å². The molecule has 0 radical (unpaired) electrons. The molecular weight excluding hydrogens is 328 g/mol. The van der Waals surface area contributed by atoms with E-state index in [0.29, 0.717) is 17.5 Å². The molecule has 5 nitrogen and oxygen atoms in total. The van der Waals surface area contributed by atoms with Gasteiger partial charge in [-0.3, -0.25) is 4.98 Å². The van der Waals surface area contributed by atoms with E-state index in [1.165, 1.54) is 24.8 Å². The highest BCUT2D eigenvalue weighted by molar-refractivity contribution is 5.78. The number of aliphatic carboxylic acids is 1. The van der Waals surface area contributed by atoms with Crippen LogP contribution in [0.2, 0.25) is 0 Å². The number of rotatable bonds is 10. The molecule has 146 valence electrons. The van der Waals surface area contributed by atoms with Gasteiger partial charge in [0.05, 0.1) is 0 Å². The first-order chi connectivity index (χ1) is 12.1. The Labute approximate surface area is 157 Å². The van der Waals surface area contributed by atoms with Gasteiger partial charge in [0.2, 0.25) is 0 Å². The molecule has 0 aromatic carbocycles. The van der Waals surface area contributed by atoms with Crippen molar-refractivity contribution in [3.05, 3.63) is 29.1 Å². The first-order valence-electron chi connectivity index (χ1n) is 9.71. The Bertz CT molecular complexity index is 640. The van der Waals surface area contributed by atoms with Crippen LogP contribution in [-0.4, -0.2) is 32.8 Å². The van der Waals surface area contributed by atoms with Crippen molar-refractivity contribution in [2.24, 2.45) is 17.1 Å². The highest BCUT2D eigenvalue weighted by atomic mass is 16.4. The second kappa shape index (κ2) is 8.05. The van der Waals surface area contributed by atoms with Crippen molar-refractivity contribution in [3.63, 3.8) is 0 Å². The molecular formula is C21H34N2O3. The minimum absolute atomic E-state index is 0.0682. The Balaban J connectivity index is 2.10. The molecule has 0 bridgehead atoms. The molecule has 1 aliphatic carbocycles. The summed E-state index contributed by atoms with van der Waals surface area (Å²) in [4.78, 5) is 16.1. The van der Waals surface area contributed by atoms with Gasteiger partial charge in [0.15, 0.2) is 5.60 Å². The van der Waals surface area contributed by atoms with Gasteiger partial charge in [-0.2, -0.15) is 0 Å². The van der Waals surface area contributed by atoms with Crippen molar-refractivity contribution in [1.29, 1.82) is 0 Å². The zero-order chi connectivity index (χ0) is 19.5. The molecule has 4 N–H and O–H groups in total. The smallest absolute Gasteiger partial charge is 0.337 e. The third-order valence-electron chi connectivity index (χ3n) is 5.76. The lowest BCUT2D eigenvalue weighted by molar-refractivity contribution is -0.161. The van der Waals surface area contributed by atoms with Gasteiger partial charge in [-0.15, -0.1) is 0 Å². The maximum absolute atomic E-state index is 11.7. The van der Waals surface area contributed by atoms with E-state index in [1.807, 2.05) is 26.8 Å². The van der Waals surface area contributed by atoms with Crippen LogP contribution >= 0.6 is 0 Å². The van der Waals surface area contributed by atoms with Crippen LogP contribution in [0.3, 0.4) is 0 Å². The van der Waals surface area contributed by atoms with Gasteiger partial charge in [0.25, 0.3) is 0 Å². The van der Waals surface area contributed by atoms with Gasteiger partial charge in [-0.1, -0.05) is 20.8 Å². The molecule has 1 aromatic rings. The average Bonchev–Trinajstić information content (AvgIpc) is 3.27. The molecule has 1 saturated carbocycles. The van der Waals surface area contributed by atoms with E-state index in [2.05, 4.69) is 11.9 Å². The summed E-state index contributed by atoms with van der Waals surface area (Å²) in [6, 6.07) is 1.11. The van der Waals surface area contributed by atoms with E-state index < -0.39 is 17.6 Å². The summed E-state index contributed by atoms with van der Waals surface area (Å²) in [6.07, 6.45) is 8.11. The minimum Gasteiger partial charge on any atom is -0.479 e. The molecule has 26 heavy (non-hydrogen) atoms. The second-order valence-corrected chi connectivity index (χ2v) is 8.91. The van der Waals surface area contributed by atoms with Gasteiger partial charge in [-0.25, -0.2) is 4.79 Å². The molecule has 1 fully saturated rings. The standard InChI is InChI=1S/C21H34N2O3/c1-14(2)10-18(22)21(26,19(24)25)12-17-11-16(15(3)13-23-17)6-5-7-20(4)8-9-20/h11,13-14,18,26H,5-10,12,22H2,1-4H3,(H,24,25)/t18-,21+/m0/s1. The number of aromatic nitrogens is 1. The van der Waals surface area contributed by atoms with Crippen molar-refractivity contribution < 1.29 is 15.0 Å². The van der Waals surface area contributed by atoms with Crippen LogP contribution in [0.1, 0.15) is 69.7 Å². The molecule has 0 unspecified atom stereocenters. The van der Waals surface area contributed by atoms with Crippen LogP contribution in [-0.2, 0) is 17.6 Å². The molecule has 0 aliphatic heterocycles. The summed E-state index contributed by atoms with van der Waals surface area (Å²) in [6.45, 7) is 8.29. The predicted molar refractivity (Wildman–Crippen MR) is 103 cm³/mol. The quantitative estimate of drug-likeness (QED) is 0.594. The number of nitrogens with zero attached hydrogens (tertiary/aromatic N) is 1. The van der Waals surface area contributed by atoms with Crippen LogP contribution in [0.5, 0.6) is 0 Å². The zero-order valence-corrected chi connectivity index (χ0v) is 16.6. The number of hydrogen-bond acceptors (Lipinski definition) is 4. The molecule has 2 rings (SSSR count). The fraction of sp³-hybridized carbons (Fsp3) is 0.714. The van der Waals surface area contributed by atoms with Gasteiger partial charge >= 0.3 is 5.97 Å². The molecule has 1 heterocycles. The predicted octanol–water partition coefficient (Wildman–Crippen LogP) is 3.24. The monoisotopic (exact) mass is 362 g/mol. The van der Waals surface area contributed by atoms with Crippen LogP contribution in [0, 0.1) is 18.3 Å². The van der Waals surface area contributed by atoms with Crippen LogP contribution < -0.4 is 5.73 Å². The molecule has 1 aromatic heterocycles. The molecule has 5 heteroatoms. The largest absolute Gasteiger partial charge is 0.479 e. The van der Waals surface area contributed by atoms with Crippen molar-refractivity contribution in [1.82, 2.24) is 4.98 Å². The third-order valence-corrected chi connectivity index (χ3v) is 5.76. The van der Waals surface area contributed by atoms with Gasteiger partial charge in [0.1, 0.15) is 0 Å². The van der Waals surface area contributed by atoms with E-state index in [-0.39, 0.29) is 12.3 Å². The number of nitrogens with two attached hydrogens (primary N) is 1. The molecule has 0 amide bonds. The second-order valence-electron chi connectivity index (χ2n) is 8.91. The number of carbonyl (C=O) groups is 1. The van der Waals surface area contributed by atoms with Gasteiger partial charge in [0, 0.05) is 24.4 Å². The minimum atomic E-state index is -1.99. The SMILES string of the molecule is Cc1cnc(C[C@](O)(C(=O)O)[C@@H](N)CC(C)C)cc1CCCC1(C)CC1. The van der Waals surface area contributed by atoms with Crippen LogP contribution in [0.25, 0.3) is 0 Å². The Kier molecular flexibility index (Phi) is 6.46. The normalized spacial score (nSPS) is 19.2. The van der Waals surface area contributed by atoms with Crippen molar-refractivity contribution in [2.45, 2.75) is 84.3 Å². The first-order valence-corrected chi connectivity index (χ1v) is 9.71. The highest BCUT2D eigenvalue weighted by Gasteiger charge is 2.43. The first kappa shape index (κ1) is 20.8. The van der Waals surface area contributed by atoms with Crippen LogP contribution in [0.15, 0.2) is 12.3 Å². The Morgan fingerprint density at radius 2 is 2.08 bits per heavy atom. The van der Waals surface area contributed by atoms with Crippen molar-refractivity contribution >= 4 is 5.97 Å². The highest BCUT2D eigenvalue weighted by Crippen LogP contribution is 2.49. The number of hydrogen-bond donors (Lipinski definition) is 3. The lowest BCUT2D eigenvalue weighted by Gasteiger charge is -2.30. The Morgan fingerprint density at radius 3 is 2.62 bits per heavy atom. The number of aliphatic hydroxyl groups is 1. The van der Waals surface area contributed by atoms with Crippen LogP contribution in [0.4, 0.5) is 0 Å². The molecule has 0 spiro atoms. The zero-order valence-electron chi connectivity index (χ0n) is 16.6. The van der Waals surface area contributed by atoms with E-state index in [9.17, 15) is 15.0 Å². The summed E-state index contributed by atoms with van der Waals surface area (Å²) in [5.74, 6) is -1.07. The molecule has 1 aliphatic rings. The maximum atomic E-state index is 11.7. The summed E-state index contributed by atoms with van der Waals surface area (Å²) in [5.41, 5.74) is 7.48. The number of carboxylic acid groups (broad SMARTS) is 1. The fourth-order valence-electron chi connectivity index (χ4n) is 3.49.